The van der Waals surface area contributed by atoms with Gasteiger partial charge in [0.05, 0.1) is 6.04 Å². The maximum Gasteiger partial charge on any atom is 0.434 e. The summed E-state index contributed by atoms with van der Waals surface area (Å²) >= 11 is 0. The van der Waals surface area contributed by atoms with Crippen LogP contribution in [0.5, 0.6) is 0 Å². The first-order valence-corrected chi connectivity index (χ1v) is 8.23. The summed E-state index contributed by atoms with van der Waals surface area (Å²) in [4.78, 5) is 17.7. The molecule has 0 saturated carbocycles. The number of ether oxygens (including phenoxy) is 1. The molecule has 0 spiro atoms. The van der Waals surface area contributed by atoms with Gasteiger partial charge in [0.25, 0.3) is 0 Å². The molecule has 0 bridgehead atoms. The lowest BCUT2D eigenvalue weighted by Gasteiger charge is -2.20. The van der Waals surface area contributed by atoms with Crippen LogP contribution in [0.3, 0.4) is 0 Å². The molecule has 0 radical (unpaired) electrons. The first-order valence-electron chi connectivity index (χ1n) is 8.23. The van der Waals surface area contributed by atoms with Gasteiger partial charge in [-0.1, -0.05) is 79.7 Å². The van der Waals surface area contributed by atoms with Crippen LogP contribution in [0, 0.1) is 5.92 Å². The smallest absolute Gasteiger partial charge is 0.434 e. The van der Waals surface area contributed by atoms with Crippen molar-refractivity contribution in [2.45, 2.75) is 25.9 Å². The van der Waals surface area contributed by atoms with Crippen molar-refractivity contribution < 1.29 is 19.5 Å². The molecule has 1 saturated heterocycles. The maximum absolute atomic E-state index is 12.4. The van der Waals surface area contributed by atoms with Gasteiger partial charge in [0.15, 0.2) is 6.29 Å². The van der Waals surface area contributed by atoms with Gasteiger partial charge in [0, 0.05) is 5.92 Å². The van der Waals surface area contributed by atoms with Crippen molar-refractivity contribution in [3.63, 3.8) is 0 Å². The fourth-order valence-electron chi connectivity index (χ4n) is 2.64. The van der Waals surface area contributed by atoms with Crippen molar-refractivity contribution in [3.8, 4) is 0 Å². The average molecular weight is 339 g/mol. The van der Waals surface area contributed by atoms with E-state index >= 15 is 0 Å². The lowest BCUT2D eigenvalue weighted by molar-refractivity contribution is -0.203. The minimum Gasteiger partial charge on any atom is -0.443 e. The molecule has 3 atom stereocenters. The van der Waals surface area contributed by atoms with Gasteiger partial charge in [-0.25, -0.2) is 9.63 Å². The molecular formula is C20H21NO4. The average Bonchev–Trinajstić information content (AvgIpc) is 2.94. The Balaban J connectivity index is 1.67. The molecule has 1 aliphatic rings. The van der Waals surface area contributed by atoms with E-state index in [4.69, 9.17) is 9.57 Å². The monoisotopic (exact) mass is 339 g/mol. The number of hydroxylamine groups is 2. The van der Waals surface area contributed by atoms with E-state index in [1.54, 1.807) is 0 Å². The summed E-state index contributed by atoms with van der Waals surface area (Å²) in [5, 5.41) is 11.1. The number of carbonyl (C=O) groups is 1. The van der Waals surface area contributed by atoms with Crippen molar-refractivity contribution >= 4 is 12.2 Å². The number of nitrogens with zero attached hydrogens (tertiary/aromatic N) is 1. The van der Waals surface area contributed by atoms with Crippen molar-refractivity contribution in [2.24, 2.45) is 5.92 Å². The summed E-state index contributed by atoms with van der Waals surface area (Å²) in [5.74, 6) is -0.260. The summed E-state index contributed by atoms with van der Waals surface area (Å²) in [6.45, 7) is 1.98. The van der Waals surface area contributed by atoms with Crippen molar-refractivity contribution in [1.82, 2.24) is 5.06 Å². The van der Waals surface area contributed by atoms with Gasteiger partial charge in [-0.05, 0) is 11.1 Å². The summed E-state index contributed by atoms with van der Waals surface area (Å²) in [5.41, 5.74) is 1.90. The molecule has 3 rings (SSSR count). The molecule has 0 aliphatic carbocycles. The van der Waals surface area contributed by atoms with Crippen LogP contribution in [-0.4, -0.2) is 28.6 Å². The van der Waals surface area contributed by atoms with Crippen LogP contribution in [0.25, 0.3) is 6.08 Å². The van der Waals surface area contributed by atoms with Crippen LogP contribution in [-0.2, 0) is 16.2 Å². The second kappa shape index (κ2) is 7.96. The van der Waals surface area contributed by atoms with E-state index in [1.165, 1.54) is 0 Å². The molecule has 2 aromatic carbocycles. The van der Waals surface area contributed by atoms with Crippen LogP contribution < -0.4 is 0 Å². The Morgan fingerprint density at radius 1 is 1.16 bits per heavy atom. The SMILES string of the molecule is CC1[C@H](O)ON(C(=O)OCc2ccccc2)[C@H]1/C=C/c1ccccc1. The van der Waals surface area contributed by atoms with Gasteiger partial charge >= 0.3 is 6.09 Å². The Labute approximate surface area is 147 Å². The molecule has 2 aromatic rings. The van der Waals surface area contributed by atoms with E-state index in [2.05, 4.69) is 0 Å². The fourth-order valence-corrected chi connectivity index (χ4v) is 2.64. The number of amides is 1. The van der Waals surface area contributed by atoms with E-state index in [9.17, 15) is 9.90 Å². The zero-order chi connectivity index (χ0) is 17.6. The number of hydrogen-bond acceptors (Lipinski definition) is 4. The molecule has 1 fully saturated rings. The molecule has 1 aliphatic heterocycles. The molecule has 0 aromatic heterocycles. The lowest BCUT2D eigenvalue weighted by Crippen LogP contribution is -2.35. The number of hydrogen-bond donors (Lipinski definition) is 1. The molecule has 1 unspecified atom stereocenters. The number of aliphatic hydroxyl groups is 1. The predicted octanol–water partition coefficient (Wildman–Crippen LogP) is 3.61. The molecule has 25 heavy (non-hydrogen) atoms. The van der Waals surface area contributed by atoms with E-state index < -0.39 is 18.4 Å². The van der Waals surface area contributed by atoms with Crippen LogP contribution in [0.1, 0.15) is 18.1 Å². The molecule has 1 N–H and O–H groups in total. The summed E-state index contributed by atoms with van der Waals surface area (Å²) in [7, 11) is 0. The van der Waals surface area contributed by atoms with Gasteiger partial charge in [0.2, 0.25) is 0 Å². The zero-order valence-electron chi connectivity index (χ0n) is 14.0. The second-order valence-corrected chi connectivity index (χ2v) is 5.98. The Morgan fingerprint density at radius 2 is 1.80 bits per heavy atom. The normalized spacial score (nSPS) is 23.1. The third-order valence-electron chi connectivity index (χ3n) is 4.15. The fraction of sp³-hybridized carbons (Fsp3) is 0.250. The number of benzene rings is 2. The van der Waals surface area contributed by atoms with Gasteiger partial charge in [-0.3, -0.25) is 0 Å². The number of aliphatic hydroxyl groups excluding tert-OH is 1. The Hall–Kier alpha value is -2.63. The number of carbonyl (C=O) groups excluding carboxylic acids is 1. The topological polar surface area (TPSA) is 59.0 Å². The van der Waals surface area contributed by atoms with Gasteiger partial charge in [-0.15, -0.1) is 0 Å². The lowest BCUT2D eigenvalue weighted by atomic mass is 10.0. The van der Waals surface area contributed by atoms with Crippen molar-refractivity contribution in [1.29, 1.82) is 0 Å². The predicted molar refractivity (Wildman–Crippen MR) is 94.0 cm³/mol. The highest BCUT2D eigenvalue weighted by Crippen LogP contribution is 2.28. The Morgan fingerprint density at radius 3 is 2.48 bits per heavy atom. The summed E-state index contributed by atoms with van der Waals surface area (Å²) in [6.07, 6.45) is 2.09. The van der Waals surface area contributed by atoms with Crippen LogP contribution in [0.2, 0.25) is 0 Å². The molecule has 1 amide bonds. The van der Waals surface area contributed by atoms with Gasteiger partial charge in [-0.2, -0.15) is 5.06 Å². The quantitative estimate of drug-likeness (QED) is 0.924. The molecule has 5 nitrogen and oxygen atoms in total. The third kappa shape index (κ3) is 4.26. The first kappa shape index (κ1) is 17.2. The van der Waals surface area contributed by atoms with E-state index in [1.807, 2.05) is 79.7 Å². The van der Waals surface area contributed by atoms with Crippen LogP contribution in [0.15, 0.2) is 66.7 Å². The largest absolute Gasteiger partial charge is 0.443 e. The van der Waals surface area contributed by atoms with Crippen molar-refractivity contribution in [2.75, 3.05) is 0 Å². The second-order valence-electron chi connectivity index (χ2n) is 5.98. The standard InChI is InChI=1S/C20H21NO4/c1-15-18(13-12-16-8-4-2-5-9-16)21(25-19(15)22)20(23)24-14-17-10-6-3-7-11-17/h2-13,15,18-19,22H,14H2,1H3/b13-12+/t15?,18-,19+/m0/s1. The minimum atomic E-state index is -1.05. The molecular weight excluding hydrogens is 318 g/mol. The summed E-state index contributed by atoms with van der Waals surface area (Å²) in [6, 6.07) is 18.8. The maximum atomic E-state index is 12.4. The molecule has 130 valence electrons. The van der Waals surface area contributed by atoms with Crippen LogP contribution in [0.4, 0.5) is 4.79 Å². The zero-order valence-corrected chi connectivity index (χ0v) is 14.0. The minimum absolute atomic E-state index is 0.152. The summed E-state index contributed by atoms with van der Waals surface area (Å²) < 4.78 is 5.31. The molecule has 5 heteroatoms. The van der Waals surface area contributed by atoms with E-state index in [-0.39, 0.29) is 12.5 Å². The van der Waals surface area contributed by atoms with Gasteiger partial charge in [0.1, 0.15) is 6.61 Å². The first-order chi connectivity index (χ1) is 12.1. The van der Waals surface area contributed by atoms with Crippen molar-refractivity contribution in [3.05, 3.63) is 77.9 Å². The van der Waals surface area contributed by atoms with Crippen LogP contribution >= 0.6 is 0 Å². The van der Waals surface area contributed by atoms with Gasteiger partial charge < -0.3 is 9.84 Å². The highest BCUT2D eigenvalue weighted by Gasteiger charge is 2.42. The third-order valence-corrected chi connectivity index (χ3v) is 4.15. The Kier molecular flexibility index (Phi) is 5.48. The molecule has 1 heterocycles. The highest BCUT2D eigenvalue weighted by molar-refractivity contribution is 5.68. The number of rotatable bonds is 4. The highest BCUT2D eigenvalue weighted by atomic mass is 16.8. The van der Waals surface area contributed by atoms with E-state index in [0.717, 1.165) is 16.2 Å². The van der Waals surface area contributed by atoms with E-state index in [0.29, 0.717) is 0 Å². The Bertz CT molecular complexity index is 717.